The van der Waals surface area contributed by atoms with E-state index in [9.17, 15) is 18.0 Å². The van der Waals surface area contributed by atoms with Gasteiger partial charge in [-0.05, 0) is 54.8 Å². The average molecular weight is 510 g/mol. The molecule has 1 saturated heterocycles. The molecular weight excluding hydrogens is 482 g/mol. The van der Waals surface area contributed by atoms with Crippen molar-refractivity contribution in [2.45, 2.75) is 23.8 Å². The molecule has 1 fully saturated rings. The number of amides is 1. The number of ether oxygens (including phenoxy) is 2. The zero-order valence-electron chi connectivity index (χ0n) is 20.0. The third kappa shape index (κ3) is 4.27. The number of hydrogen-bond acceptors (Lipinski definition) is 6. The van der Waals surface area contributed by atoms with Gasteiger partial charge < -0.3 is 19.4 Å². The van der Waals surface area contributed by atoms with Gasteiger partial charge in [0.1, 0.15) is 0 Å². The van der Waals surface area contributed by atoms with Gasteiger partial charge in [-0.15, -0.1) is 0 Å². The van der Waals surface area contributed by atoms with Gasteiger partial charge in [0.15, 0.2) is 11.5 Å². The van der Waals surface area contributed by atoms with Crippen LogP contribution in [0.4, 0.5) is 5.69 Å². The van der Waals surface area contributed by atoms with E-state index < -0.39 is 15.9 Å². The van der Waals surface area contributed by atoms with Crippen molar-refractivity contribution in [3.8, 4) is 11.5 Å². The van der Waals surface area contributed by atoms with Gasteiger partial charge in [-0.3, -0.25) is 9.59 Å². The second-order valence-corrected chi connectivity index (χ2v) is 11.0. The van der Waals surface area contributed by atoms with Crippen LogP contribution in [0.25, 0.3) is 0 Å². The molecule has 3 aromatic rings. The van der Waals surface area contributed by atoms with Gasteiger partial charge in [0, 0.05) is 43.0 Å². The van der Waals surface area contributed by atoms with Crippen molar-refractivity contribution >= 4 is 21.6 Å². The van der Waals surface area contributed by atoms with Crippen LogP contribution in [-0.2, 0) is 16.6 Å². The molecule has 0 saturated carbocycles. The summed E-state index contributed by atoms with van der Waals surface area (Å²) in [6, 6.07) is 16.3. The largest absolute Gasteiger partial charge is 0.493 e. The summed E-state index contributed by atoms with van der Waals surface area (Å²) in [4.78, 5) is 25.2. The van der Waals surface area contributed by atoms with E-state index in [0.717, 1.165) is 12.1 Å². The van der Waals surface area contributed by atoms with Crippen LogP contribution < -0.4 is 20.3 Å². The zero-order chi connectivity index (χ0) is 25.4. The first kappa shape index (κ1) is 24.1. The highest BCUT2D eigenvalue weighted by atomic mass is 32.2. The number of para-hydroxylation sites is 1. The number of rotatable bonds is 6. The molecule has 10 heteroatoms. The quantitative estimate of drug-likeness (QED) is 0.548. The maximum absolute atomic E-state index is 13.4. The molecule has 2 aliphatic rings. The highest BCUT2D eigenvalue weighted by Gasteiger charge is 2.39. The van der Waals surface area contributed by atoms with Gasteiger partial charge in [-0.25, -0.2) is 8.42 Å². The number of fused-ring (bicyclic) bond motifs is 4. The van der Waals surface area contributed by atoms with Crippen LogP contribution in [0.2, 0.25) is 0 Å². The van der Waals surface area contributed by atoms with Crippen LogP contribution in [0.1, 0.15) is 28.4 Å². The van der Waals surface area contributed by atoms with Crippen LogP contribution in [0, 0.1) is 5.92 Å². The Kier molecular flexibility index (Phi) is 6.31. The maximum Gasteiger partial charge on any atom is 0.259 e. The lowest BCUT2D eigenvalue weighted by Crippen LogP contribution is -2.48. The molecule has 9 nitrogen and oxygen atoms in total. The zero-order valence-corrected chi connectivity index (χ0v) is 20.8. The summed E-state index contributed by atoms with van der Waals surface area (Å²) in [6.07, 6.45) is 0.869. The Morgan fingerprint density at radius 3 is 2.42 bits per heavy atom. The van der Waals surface area contributed by atoms with Gasteiger partial charge in [0.2, 0.25) is 10.0 Å². The van der Waals surface area contributed by atoms with Crippen molar-refractivity contribution in [3.63, 3.8) is 0 Å². The number of methoxy groups -OCH3 is 2. The molecule has 0 radical (unpaired) electrons. The maximum atomic E-state index is 13.4. The van der Waals surface area contributed by atoms with E-state index in [-0.39, 0.29) is 22.3 Å². The molecule has 2 aliphatic heterocycles. The first-order chi connectivity index (χ1) is 17.3. The van der Waals surface area contributed by atoms with Gasteiger partial charge in [-0.2, -0.15) is 4.31 Å². The first-order valence-corrected chi connectivity index (χ1v) is 13.1. The lowest BCUT2D eigenvalue weighted by Gasteiger charge is -2.42. The van der Waals surface area contributed by atoms with Gasteiger partial charge in [-0.1, -0.05) is 12.1 Å². The van der Waals surface area contributed by atoms with Crippen LogP contribution >= 0.6 is 0 Å². The molecule has 2 atom stereocenters. The van der Waals surface area contributed by atoms with E-state index in [1.165, 1.54) is 30.7 Å². The molecule has 36 heavy (non-hydrogen) atoms. The minimum absolute atomic E-state index is 0.0161. The third-order valence-electron chi connectivity index (χ3n) is 6.84. The van der Waals surface area contributed by atoms with Crippen molar-refractivity contribution in [1.82, 2.24) is 8.87 Å². The second-order valence-electron chi connectivity index (χ2n) is 9.04. The summed E-state index contributed by atoms with van der Waals surface area (Å²) in [5.41, 5.74) is 1.60. The van der Waals surface area contributed by atoms with Crippen molar-refractivity contribution in [1.29, 1.82) is 0 Å². The Morgan fingerprint density at radius 1 is 0.944 bits per heavy atom. The van der Waals surface area contributed by atoms with E-state index in [1.807, 2.05) is 6.07 Å². The molecule has 3 heterocycles. The lowest BCUT2D eigenvalue weighted by molar-refractivity contribution is 0.102. The number of nitrogens with zero attached hydrogens (tertiary/aromatic N) is 2. The molecule has 2 aromatic carbocycles. The summed E-state index contributed by atoms with van der Waals surface area (Å²) >= 11 is 0. The summed E-state index contributed by atoms with van der Waals surface area (Å²) in [5, 5.41) is 2.78. The molecular formula is C26H27N3O6S. The molecule has 2 bridgehead atoms. The smallest absolute Gasteiger partial charge is 0.259 e. The molecule has 5 rings (SSSR count). The van der Waals surface area contributed by atoms with Crippen LogP contribution in [-0.4, -0.2) is 50.5 Å². The van der Waals surface area contributed by atoms with Crippen LogP contribution in [0.5, 0.6) is 11.5 Å². The molecule has 0 aliphatic carbocycles. The molecule has 0 spiro atoms. The fourth-order valence-electron chi connectivity index (χ4n) is 5.17. The van der Waals surface area contributed by atoms with Gasteiger partial charge in [0.05, 0.1) is 24.7 Å². The third-order valence-corrected chi connectivity index (χ3v) is 8.69. The Bertz CT molecular complexity index is 1470. The number of pyridine rings is 1. The average Bonchev–Trinajstić information content (AvgIpc) is 2.89. The van der Waals surface area contributed by atoms with Crippen LogP contribution in [0.3, 0.4) is 0 Å². The molecule has 1 amide bonds. The summed E-state index contributed by atoms with van der Waals surface area (Å²) < 4.78 is 40.8. The van der Waals surface area contributed by atoms with E-state index in [2.05, 4.69) is 5.32 Å². The number of hydrogen-bond donors (Lipinski definition) is 1. The topological polar surface area (TPSA) is 107 Å². The highest BCUT2D eigenvalue weighted by Crippen LogP contribution is 2.37. The molecule has 1 N–H and O–H groups in total. The second kappa shape index (κ2) is 9.44. The molecule has 2 unspecified atom stereocenters. The van der Waals surface area contributed by atoms with E-state index in [0.29, 0.717) is 42.4 Å². The van der Waals surface area contributed by atoms with Crippen molar-refractivity contribution in [2.75, 3.05) is 32.6 Å². The SMILES string of the molecule is COc1cccc(C(=O)Nc2ccc(S(=O)(=O)N3CC4CC(C3)c3cccc(=O)n3C4)cc2)c1OC. The number of nitrogens with one attached hydrogen (secondary N) is 1. The van der Waals surface area contributed by atoms with Crippen molar-refractivity contribution in [3.05, 3.63) is 82.3 Å². The summed E-state index contributed by atoms with van der Waals surface area (Å²) in [6.45, 7) is 1.22. The monoisotopic (exact) mass is 509 g/mol. The minimum atomic E-state index is -3.74. The number of anilines is 1. The van der Waals surface area contributed by atoms with Gasteiger partial charge in [0.25, 0.3) is 11.5 Å². The Labute approximate surface area is 209 Å². The molecule has 1 aromatic heterocycles. The Morgan fingerprint density at radius 2 is 1.69 bits per heavy atom. The number of piperidine rings is 1. The summed E-state index contributed by atoms with van der Waals surface area (Å²) in [5.74, 6) is 0.417. The normalized spacial score (nSPS) is 19.3. The number of benzene rings is 2. The lowest BCUT2D eigenvalue weighted by atomic mass is 9.84. The fourth-order valence-corrected chi connectivity index (χ4v) is 6.73. The Hall–Kier alpha value is -3.63. The standard InChI is InChI=1S/C26H27N3O6S/c1-34-23-7-3-5-21(25(23)35-2)26(31)27-19-9-11-20(12-10-19)36(32,33)28-14-17-13-18(16-28)22-6-4-8-24(30)29(22)15-17/h3-12,17-18H,13-16H2,1-2H3,(H,27,31). The number of aromatic nitrogens is 1. The first-order valence-electron chi connectivity index (χ1n) is 11.6. The Balaban J connectivity index is 1.33. The number of carbonyl (C=O) groups excluding carboxylic acids is 1. The summed E-state index contributed by atoms with van der Waals surface area (Å²) in [7, 11) is -0.786. The minimum Gasteiger partial charge on any atom is -0.493 e. The van der Waals surface area contributed by atoms with E-state index in [4.69, 9.17) is 9.47 Å². The molecule has 188 valence electrons. The predicted octanol–water partition coefficient (Wildman–Crippen LogP) is 2.93. The number of carbonyl (C=O) groups is 1. The van der Waals surface area contributed by atoms with Gasteiger partial charge >= 0.3 is 0 Å². The van der Waals surface area contributed by atoms with Crippen molar-refractivity contribution in [2.24, 2.45) is 5.92 Å². The van der Waals surface area contributed by atoms with E-state index >= 15 is 0 Å². The highest BCUT2D eigenvalue weighted by molar-refractivity contribution is 7.89. The number of sulfonamides is 1. The van der Waals surface area contributed by atoms with Crippen LogP contribution in [0.15, 0.2) is 70.4 Å². The van der Waals surface area contributed by atoms with E-state index in [1.54, 1.807) is 47.0 Å². The fraction of sp³-hybridized carbons (Fsp3) is 0.308. The predicted molar refractivity (Wildman–Crippen MR) is 134 cm³/mol. The van der Waals surface area contributed by atoms with Crippen molar-refractivity contribution < 1.29 is 22.7 Å².